The predicted octanol–water partition coefficient (Wildman–Crippen LogP) is 2.39. The van der Waals surface area contributed by atoms with Crippen molar-refractivity contribution < 1.29 is 14.3 Å². The minimum absolute atomic E-state index is 0.0799. The summed E-state index contributed by atoms with van der Waals surface area (Å²) in [5.74, 6) is 0.550. The van der Waals surface area contributed by atoms with Gasteiger partial charge in [-0.25, -0.2) is 0 Å². The summed E-state index contributed by atoms with van der Waals surface area (Å²) in [6.07, 6.45) is 10.2. The molecule has 0 aromatic heterocycles. The fourth-order valence-corrected chi connectivity index (χ4v) is 3.76. The van der Waals surface area contributed by atoms with Gasteiger partial charge in [-0.1, -0.05) is 19.3 Å². The van der Waals surface area contributed by atoms with E-state index < -0.39 is 0 Å². The Balaban J connectivity index is 1.64. The van der Waals surface area contributed by atoms with E-state index in [2.05, 4.69) is 10.6 Å². The average molecular weight is 324 g/mol. The maximum Gasteiger partial charge on any atom is 0.223 e. The summed E-state index contributed by atoms with van der Waals surface area (Å²) in [6, 6.07) is 0.387. The van der Waals surface area contributed by atoms with E-state index in [4.69, 9.17) is 4.74 Å². The Morgan fingerprint density at radius 3 is 2.13 bits per heavy atom. The van der Waals surface area contributed by atoms with Crippen LogP contribution in [0.1, 0.15) is 64.2 Å². The summed E-state index contributed by atoms with van der Waals surface area (Å²) >= 11 is 0. The molecular formula is C18H32N2O3. The lowest BCUT2D eigenvalue weighted by molar-refractivity contribution is -0.131. The SMILES string of the molecule is COCCCNC(=O)C1CCC(C(=O)NC2CCCCC2)CC1. The summed E-state index contributed by atoms with van der Waals surface area (Å²) < 4.78 is 4.98. The fourth-order valence-electron chi connectivity index (χ4n) is 3.76. The zero-order valence-corrected chi connectivity index (χ0v) is 14.4. The number of methoxy groups -OCH3 is 1. The van der Waals surface area contributed by atoms with Crippen LogP contribution in [0.2, 0.25) is 0 Å². The van der Waals surface area contributed by atoms with Gasteiger partial charge in [-0.2, -0.15) is 0 Å². The fraction of sp³-hybridized carbons (Fsp3) is 0.889. The summed E-state index contributed by atoms with van der Waals surface area (Å²) in [6.45, 7) is 1.35. The summed E-state index contributed by atoms with van der Waals surface area (Å²) in [5.41, 5.74) is 0. The van der Waals surface area contributed by atoms with Crippen LogP contribution in [0.3, 0.4) is 0 Å². The van der Waals surface area contributed by atoms with Crippen LogP contribution < -0.4 is 10.6 Å². The van der Waals surface area contributed by atoms with Crippen molar-refractivity contribution in [2.75, 3.05) is 20.3 Å². The average Bonchev–Trinajstić information content (AvgIpc) is 2.59. The quantitative estimate of drug-likeness (QED) is 0.707. The minimum atomic E-state index is 0.0799. The predicted molar refractivity (Wildman–Crippen MR) is 90.0 cm³/mol. The first-order valence-electron chi connectivity index (χ1n) is 9.27. The molecule has 2 aliphatic rings. The zero-order valence-electron chi connectivity index (χ0n) is 14.4. The van der Waals surface area contributed by atoms with E-state index >= 15 is 0 Å². The van der Waals surface area contributed by atoms with Gasteiger partial charge in [0.05, 0.1) is 0 Å². The smallest absolute Gasteiger partial charge is 0.223 e. The number of hydrogen-bond donors (Lipinski definition) is 2. The van der Waals surface area contributed by atoms with Gasteiger partial charge in [0.1, 0.15) is 0 Å². The molecule has 0 aromatic carbocycles. The number of hydrogen-bond acceptors (Lipinski definition) is 3. The van der Waals surface area contributed by atoms with E-state index in [1.54, 1.807) is 7.11 Å². The molecule has 132 valence electrons. The molecule has 2 N–H and O–H groups in total. The van der Waals surface area contributed by atoms with Gasteiger partial charge in [-0.15, -0.1) is 0 Å². The van der Waals surface area contributed by atoms with Crippen molar-refractivity contribution in [2.45, 2.75) is 70.3 Å². The lowest BCUT2D eigenvalue weighted by atomic mass is 9.81. The van der Waals surface area contributed by atoms with Gasteiger partial charge in [0, 0.05) is 38.1 Å². The zero-order chi connectivity index (χ0) is 16.5. The Hall–Kier alpha value is -1.10. The second-order valence-corrected chi connectivity index (χ2v) is 7.03. The molecule has 2 aliphatic carbocycles. The normalized spacial score (nSPS) is 25.8. The van der Waals surface area contributed by atoms with Gasteiger partial charge >= 0.3 is 0 Å². The van der Waals surface area contributed by atoms with Crippen molar-refractivity contribution in [1.29, 1.82) is 0 Å². The van der Waals surface area contributed by atoms with Crippen molar-refractivity contribution >= 4 is 11.8 Å². The molecule has 0 spiro atoms. The van der Waals surface area contributed by atoms with Gasteiger partial charge in [0.2, 0.25) is 11.8 Å². The summed E-state index contributed by atoms with van der Waals surface area (Å²) in [5, 5.41) is 6.21. The third-order valence-corrected chi connectivity index (χ3v) is 5.24. The molecule has 2 saturated carbocycles. The molecule has 23 heavy (non-hydrogen) atoms. The van der Waals surface area contributed by atoms with Crippen LogP contribution >= 0.6 is 0 Å². The van der Waals surface area contributed by atoms with Crippen LogP contribution in [0.25, 0.3) is 0 Å². The molecule has 0 atom stereocenters. The largest absolute Gasteiger partial charge is 0.385 e. The molecule has 2 rings (SSSR count). The number of rotatable bonds is 7. The van der Waals surface area contributed by atoms with Gasteiger partial charge in [-0.05, 0) is 44.9 Å². The summed E-state index contributed by atoms with van der Waals surface area (Å²) in [7, 11) is 1.67. The first-order chi connectivity index (χ1) is 11.2. The molecule has 0 bridgehead atoms. The molecule has 2 fully saturated rings. The standard InChI is InChI=1S/C18H32N2O3/c1-23-13-5-12-19-17(21)14-8-10-15(11-9-14)18(22)20-16-6-3-2-4-7-16/h14-16H,2-13H2,1H3,(H,19,21)(H,20,22). The maximum atomic E-state index is 12.4. The topological polar surface area (TPSA) is 67.4 Å². The minimum Gasteiger partial charge on any atom is -0.385 e. The monoisotopic (exact) mass is 324 g/mol. The van der Waals surface area contributed by atoms with E-state index in [1.165, 1.54) is 19.3 Å². The number of ether oxygens (including phenoxy) is 1. The highest BCUT2D eigenvalue weighted by Gasteiger charge is 2.30. The van der Waals surface area contributed by atoms with Crippen molar-refractivity contribution in [3.63, 3.8) is 0 Å². The molecule has 5 heteroatoms. The Morgan fingerprint density at radius 1 is 0.913 bits per heavy atom. The van der Waals surface area contributed by atoms with E-state index in [9.17, 15) is 9.59 Å². The molecule has 0 unspecified atom stereocenters. The van der Waals surface area contributed by atoms with E-state index in [0.717, 1.165) is 44.9 Å². The highest BCUT2D eigenvalue weighted by atomic mass is 16.5. The Morgan fingerprint density at radius 2 is 1.52 bits per heavy atom. The Labute approximate surface area is 139 Å². The lowest BCUT2D eigenvalue weighted by Crippen LogP contribution is -2.42. The highest BCUT2D eigenvalue weighted by molar-refractivity contribution is 5.81. The first-order valence-corrected chi connectivity index (χ1v) is 9.27. The van der Waals surface area contributed by atoms with Crippen molar-refractivity contribution in [2.24, 2.45) is 11.8 Å². The highest BCUT2D eigenvalue weighted by Crippen LogP contribution is 2.29. The Bertz CT molecular complexity index is 372. The molecular weight excluding hydrogens is 292 g/mol. The molecule has 0 aliphatic heterocycles. The van der Waals surface area contributed by atoms with Crippen LogP contribution in [0.4, 0.5) is 0 Å². The number of nitrogens with one attached hydrogen (secondary N) is 2. The van der Waals surface area contributed by atoms with Crippen molar-refractivity contribution in [1.82, 2.24) is 10.6 Å². The first kappa shape index (κ1) is 18.2. The van der Waals surface area contributed by atoms with E-state index in [0.29, 0.717) is 19.2 Å². The maximum absolute atomic E-state index is 12.4. The van der Waals surface area contributed by atoms with Crippen LogP contribution in [0, 0.1) is 11.8 Å². The van der Waals surface area contributed by atoms with Crippen LogP contribution in [0.5, 0.6) is 0 Å². The van der Waals surface area contributed by atoms with Crippen molar-refractivity contribution in [3.8, 4) is 0 Å². The van der Waals surface area contributed by atoms with Gasteiger partial charge < -0.3 is 15.4 Å². The molecule has 0 radical (unpaired) electrons. The molecule has 0 heterocycles. The third kappa shape index (κ3) is 6.13. The Kier molecular flexibility index (Phi) is 7.86. The van der Waals surface area contributed by atoms with Crippen molar-refractivity contribution in [3.05, 3.63) is 0 Å². The van der Waals surface area contributed by atoms with Gasteiger partial charge in [0.25, 0.3) is 0 Å². The van der Waals surface area contributed by atoms with E-state index in [1.807, 2.05) is 0 Å². The van der Waals surface area contributed by atoms with Crippen LogP contribution in [0.15, 0.2) is 0 Å². The second kappa shape index (κ2) is 9.91. The van der Waals surface area contributed by atoms with Crippen LogP contribution in [-0.4, -0.2) is 38.1 Å². The summed E-state index contributed by atoms with van der Waals surface area (Å²) in [4.78, 5) is 24.5. The van der Waals surface area contributed by atoms with Gasteiger partial charge in [0.15, 0.2) is 0 Å². The number of carbonyl (C=O) groups is 2. The molecule has 5 nitrogen and oxygen atoms in total. The molecule has 2 amide bonds. The van der Waals surface area contributed by atoms with E-state index in [-0.39, 0.29) is 23.7 Å². The van der Waals surface area contributed by atoms with Gasteiger partial charge in [-0.3, -0.25) is 9.59 Å². The molecule has 0 aromatic rings. The second-order valence-electron chi connectivity index (χ2n) is 7.03. The van der Waals surface area contributed by atoms with Crippen LogP contribution in [-0.2, 0) is 14.3 Å². The number of amides is 2. The third-order valence-electron chi connectivity index (χ3n) is 5.24. The lowest BCUT2D eigenvalue weighted by Gasteiger charge is -2.29. The molecule has 0 saturated heterocycles. The number of carbonyl (C=O) groups excluding carboxylic acids is 2.